The number of rotatable bonds is 11. The monoisotopic (exact) mass is 582 g/mol. The molecule has 0 heterocycles. The Morgan fingerprint density at radius 3 is 1.54 bits per heavy atom. The lowest BCUT2D eigenvalue weighted by Crippen LogP contribution is -2.30. The minimum Gasteiger partial charge on any atom is -0.508 e. The van der Waals surface area contributed by atoms with E-state index in [1.807, 2.05) is 0 Å². The Kier molecular flexibility index (Phi) is 15.2. The number of allylic oxidation sites excluding steroid dienone is 3. The van der Waals surface area contributed by atoms with E-state index >= 15 is 0 Å². The fourth-order valence-corrected chi connectivity index (χ4v) is 2.75. The molecule has 212 valence electrons. The second-order valence-electron chi connectivity index (χ2n) is 7.88. The minimum absolute atomic E-state index is 0. The van der Waals surface area contributed by atoms with Crippen LogP contribution >= 0.6 is 24.8 Å². The van der Waals surface area contributed by atoms with Gasteiger partial charge in [0.05, 0.1) is 14.2 Å². The number of nitrogens with two attached hydrogens (primary N) is 2. The largest absolute Gasteiger partial charge is 0.508 e. The summed E-state index contributed by atoms with van der Waals surface area (Å²) in [5.74, 6) is -0.962. The third kappa shape index (κ3) is 11.2. The number of carbonyl (C=O) groups excluding carboxylic acids is 3. The highest BCUT2D eigenvalue weighted by Crippen LogP contribution is 2.30. The molecule has 10 nitrogen and oxygen atoms in total. The molecule has 0 spiro atoms. The molecule has 0 saturated carbocycles. The average Bonchev–Trinajstić information content (AvgIpc) is 2.87. The lowest BCUT2D eigenvalue weighted by Gasteiger charge is -2.11. The second-order valence-corrected chi connectivity index (χ2v) is 7.88. The molecule has 5 N–H and O–H groups in total. The van der Waals surface area contributed by atoms with Gasteiger partial charge in [-0.1, -0.05) is 24.3 Å². The molecule has 0 bridgehead atoms. The van der Waals surface area contributed by atoms with Gasteiger partial charge in [0.2, 0.25) is 0 Å². The van der Waals surface area contributed by atoms with Crippen molar-refractivity contribution in [2.24, 2.45) is 11.5 Å². The van der Waals surface area contributed by atoms with Crippen molar-refractivity contribution < 1.29 is 38.4 Å². The SMILES string of the molecule is COc1cc(/C=C/C(=O)C=C(O)/C=C/c2ccc(OC(=O)[C@@H](C)N)c(OC)c2)ccc1OC(=O)[C@@H](C)N.Cl.Cl. The first-order valence-electron chi connectivity index (χ1n) is 11.2. The van der Waals surface area contributed by atoms with Crippen molar-refractivity contribution in [2.75, 3.05) is 14.2 Å². The van der Waals surface area contributed by atoms with Crippen LogP contribution < -0.4 is 30.4 Å². The van der Waals surface area contributed by atoms with Crippen molar-refractivity contribution in [3.63, 3.8) is 0 Å². The standard InChI is InChI=1S/C27H30N2O8.2ClH/c1-16(28)26(32)36-22-11-7-18(13-24(22)34-3)5-9-20(30)15-21(31)10-6-19-8-12-23(25(14-19)35-4)37-27(33)17(2)29;;/h5-17,30H,28-29H2,1-4H3;2*1H/b9-5+,10-6+,20-15?;;/t16-,17-;;/m1../s1. The van der Waals surface area contributed by atoms with Gasteiger partial charge in [0, 0.05) is 6.08 Å². The number of hydrogen-bond donors (Lipinski definition) is 3. The molecule has 39 heavy (non-hydrogen) atoms. The van der Waals surface area contributed by atoms with Crippen LogP contribution in [-0.2, 0) is 14.4 Å². The van der Waals surface area contributed by atoms with Crippen LogP contribution in [0.5, 0.6) is 23.0 Å². The van der Waals surface area contributed by atoms with Crippen molar-refractivity contribution in [2.45, 2.75) is 25.9 Å². The predicted octanol–water partition coefficient (Wildman–Crippen LogP) is 3.79. The molecule has 12 heteroatoms. The number of ketones is 1. The molecule has 2 rings (SSSR count). The van der Waals surface area contributed by atoms with Crippen molar-refractivity contribution in [1.82, 2.24) is 0 Å². The maximum absolute atomic E-state index is 12.2. The topological polar surface area (TPSA) is 160 Å². The highest BCUT2D eigenvalue weighted by molar-refractivity contribution is 6.02. The maximum atomic E-state index is 12.2. The summed E-state index contributed by atoms with van der Waals surface area (Å²) in [5, 5.41) is 10.1. The van der Waals surface area contributed by atoms with Crippen LogP contribution in [0.4, 0.5) is 0 Å². The fraction of sp³-hybridized carbons (Fsp3) is 0.222. The third-order valence-electron chi connectivity index (χ3n) is 4.72. The van der Waals surface area contributed by atoms with Crippen LogP contribution in [0.25, 0.3) is 12.2 Å². The van der Waals surface area contributed by atoms with E-state index in [4.69, 9.17) is 30.4 Å². The van der Waals surface area contributed by atoms with E-state index in [1.165, 1.54) is 58.4 Å². The van der Waals surface area contributed by atoms with Crippen molar-refractivity contribution in [1.29, 1.82) is 0 Å². The summed E-state index contributed by atoms with van der Waals surface area (Å²) in [4.78, 5) is 35.7. The highest BCUT2D eigenvalue weighted by Gasteiger charge is 2.15. The molecule has 2 aromatic carbocycles. The quantitative estimate of drug-likeness (QED) is 0.117. The van der Waals surface area contributed by atoms with Crippen molar-refractivity contribution >= 4 is 54.7 Å². The number of benzene rings is 2. The van der Waals surface area contributed by atoms with E-state index in [1.54, 1.807) is 30.3 Å². The van der Waals surface area contributed by atoms with E-state index < -0.39 is 29.8 Å². The van der Waals surface area contributed by atoms with E-state index in [2.05, 4.69) is 0 Å². The average molecular weight is 583 g/mol. The molecular weight excluding hydrogens is 551 g/mol. The Morgan fingerprint density at radius 2 is 1.15 bits per heavy atom. The fourth-order valence-electron chi connectivity index (χ4n) is 2.75. The van der Waals surface area contributed by atoms with Crippen LogP contribution in [0.3, 0.4) is 0 Å². The summed E-state index contributed by atoms with van der Waals surface area (Å²) < 4.78 is 20.8. The molecule has 0 aliphatic rings. The van der Waals surface area contributed by atoms with Gasteiger partial charge in [-0.15, -0.1) is 24.8 Å². The Bertz CT molecular complexity index is 1240. The van der Waals surface area contributed by atoms with Gasteiger partial charge < -0.3 is 35.5 Å². The first-order chi connectivity index (χ1) is 17.5. The molecule has 0 saturated heterocycles. The Morgan fingerprint density at radius 1 is 0.744 bits per heavy atom. The molecule has 2 atom stereocenters. The van der Waals surface area contributed by atoms with Crippen molar-refractivity contribution in [3.05, 3.63) is 71.5 Å². The highest BCUT2D eigenvalue weighted by atomic mass is 35.5. The lowest BCUT2D eigenvalue weighted by molar-refractivity contribution is -0.136. The van der Waals surface area contributed by atoms with Gasteiger partial charge in [0.25, 0.3) is 0 Å². The first kappa shape index (κ1) is 35.2. The van der Waals surface area contributed by atoms with Crippen LogP contribution in [-0.4, -0.2) is 49.1 Å². The Labute approximate surface area is 239 Å². The van der Waals surface area contributed by atoms with Gasteiger partial charge >= 0.3 is 11.9 Å². The van der Waals surface area contributed by atoms with E-state index in [9.17, 15) is 19.5 Å². The summed E-state index contributed by atoms with van der Waals surface area (Å²) in [6, 6.07) is 7.92. The molecule has 2 aromatic rings. The summed E-state index contributed by atoms with van der Waals surface area (Å²) in [5.41, 5.74) is 12.2. The van der Waals surface area contributed by atoms with Crippen LogP contribution in [0, 0.1) is 0 Å². The number of ether oxygens (including phenoxy) is 4. The summed E-state index contributed by atoms with van der Waals surface area (Å²) in [6.07, 6.45) is 6.70. The second kappa shape index (κ2) is 16.9. The molecular formula is C27H32Cl2N2O8. The smallest absolute Gasteiger partial charge is 0.328 e. The molecule has 0 fully saturated rings. The van der Waals surface area contributed by atoms with Crippen LogP contribution in [0.2, 0.25) is 0 Å². The van der Waals surface area contributed by atoms with Gasteiger partial charge in [-0.2, -0.15) is 0 Å². The summed E-state index contributed by atoms with van der Waals surface area (Å²) in [7, 11) is 2.84. The number of halogens is 2. The molecule has 0 amide bonds. The Hall–Kier alpha value is -3.83. The van der Waals surface area contributed by atoms with Gasteiger partial charge in [-0.05, 0) is 61.4 Å². The number of aliphatic hydroxyl groups is 1. The zero-order valence-corrected chi connectivity index (χ0v) is 23.4. The van der Waals surface area contributed by atoms with Gasteiger partial charge in [0.15, 0.2) is 28.8 Å². The zero-order chi connectivity index (χ0) is 27.5. The number of hydrogen-bond acceptors (Lipinski definition) is 10. The van der Waals surface area contributed by atoms with E-state index in [-0.39, 0.29) is 42.1 Å². The number of methoxy groups -OCH3 is 2. The number of aliphatic hydroxyl groups excluding tert-OH is 1. The molecule has 0 radical (unpaired) electrons. The molecule has 0 aliphatic carbocycles. The summed E-state index contributed by atoms with van der Waals surface area (Å²) >= 11 is 0. The minimum atomic E-state index is -0.790. The van der Waals surface area contributed by atoms with Crippen LogP contribution in [0.15, 0.2) is 60.4 Å². The van der Waals surface area contributed by atoms with E-state index in [0.29, 0.717) is 22.6 Å². The Balaban J connectivity index is 0.00000722. The predicted molar refractivity (Wildman–Crippen MR) is 153 cm³/mol. The molecule has 0 aromatic heterocycles. The summed E-state index contributed by atoms with van der Waals surface area (Å²) in [6.45, 7) is 3.01. The number of carbonyl (C=O) groups is 3. The van der Waals surface area contributed by atoms with Gasteiger partial charge in [-0.25, -0.2) is 9.59 Å². The van der Waals surface area contributed by atoms with Gasteiger partial charge in [0.1, 0.15) is 17.8 Å². The van der Waals surface area contributed by atoms with Crippen LogP contribution in [0.1, 0.15) is 25.0 Å². The van der Waals surface area contributed by atoms with E-state index in [0.717, 1.165) is 6.08 Å². The third-order valence-corrected chi connectivity index (χ3v) is 4.72. The zero-order valence-electron chi connectivity index (χ0n) is 21.8. The lowest BCUT2D eigenvalue weighted by atomic mass is 10.1. The maximum Gasteiger partial charge on any atom is 0.328 e. The molecule has 0 aliphatic heterocycles. The number of esters is 2. The normalized spacial score (nSPS) is 12.6. The van der Waals surface area contributed by atoms with Gasteiger partial charge in [-0.3, -0.25) is 4.79 Å². The first-order valence-corrected chi connectivity index (χ1v) is 11.2. The molecule has 0 unspecified atom stereocenters. The van der Waals surface area contributed by atoms with Crippen molar-refractivity contribution in [3.8, 4) is 23.0 Å².